The standard InChI is InChI=1S/C33H31N3O7/c37-27(28(33(42)43)25-17-8-3-9-20-34-25)19-10-18-26(32(40)41)35-30(38)24-16-11-21-36(31(24)39)29(22-12-4-1-5-13-22)23-14-6-2-7-15-23/h1-9,11-17,20-21,26,28-29,34H,10,18-19H2,(H,35,38)(H,40,41)(H,42,43)/t26-,28?/m0/s1. The number of carbonyl (C=O) groups is 4. The summed E-state index contributed by atoms with van der Waals surface area (Å²) in [6, 6.07) is 19.6. The molecule has 1 aliphatic heterocycles. The van der Waals surface area contributed by atoms with E-state index < -0.39 is 47.2 Å². The highest BCUT2D eigenvalue weighted by molar-refractivity contribution is 6.01. The predicted octanol–water partition coefficient (Wildman–Crippen LogP) is 3.67. The Labute approximate surface area is 247 Å². The van der Waals surface area contributed by atoms with Gasteiger partial charge in [-0.1, -0.05) is 72.8 Å². The maximum atomic E-state index is 13.6. The van der Waals surface area contributed by atoms with Crippen LogP contribution in [0.3, 0.4) is 0 Å². The minimum absolute atomic E-state index is 0.00191. The second-order valence-electron chi connectivity index (χ2n) is 9.86. The fourth-order valence-electron chi connectivity index (χ4n) is 4.88. The van der Waals surface area contributed by atoms with Gasteiger partial charge < -0.3 is 25.4 Å². The zero-order valence-corrected chi connectivity index (χ0v) is 23.1. The summed E-state index contributed by atoms with van der Waals surface area (Å²) in [5, 5.41) is 24.6. The summed E-state index contributed by atoms with van der Waals surface area (Å²) in [7, 11) is 0. The summed E-state index contributed by atoms with van der Waals surface area (Å²) >= 11 is 0. The van der Waals surface area contributed by atoms with Crippen LogP contribution in [0.15, 0.2) is 120 Å². The molecule has 4 rings (SSSR count). The van der Waals surface area contributed by atoms with Crippen LogP contribution in [-0.4, -0.2) is 44.5 Å². The molecule has 2 aromatic carbocycles. The second kappa shape index (κ2) is 14.4. The molecule has 220 valence electrons. The number of nitrogens with zero attached hydrogens (tertiary/aromatic N) is 1. The van der Waals surface area contributed by atoms with E-state index in [0.717, 1.165) is 11.1 Å². The highest BCUT2D eigenvalue weighted by Gasteiger charge is 2.30. The normalized spacial score (nSPS) is 13.7. The summed E-state index contributed by atoms with van der Waals surface area (Å²) in [4.78, 5) is 63.4. The number of Topliss-reactive ketones (excluding diaryl/α,β-unsaturated/α-hetero) is 1. The van der Waals surface area contributed by atoms with Crippen LogP contribution >= 0.6 is 0 Å². The smallest absolute Gasteiger partial charge is 0.326 e. The molecule has 0 aliphatic carbocycles. The number of aromatic nitrogens is 1. The highest BCUT2D eigenvalue weighted by atomic mass is 16.4. The zero-order valence-electron chi connectivity index (χ0n) is 23.1. The molecule has 43 heavy (non-hydrogen) atoms. The molecule has 10 nitrogen and oxygen atoms in total. The van der Waals surface area contributed by atoms with E-state index >= 15 is 0 Å². The van der Waals surface area contributed by atoms with Crippen LogP contribution in [0.4, 0.5) is 0 Å². The number of carboxylic acids is 2. The fraction of sp³-hybridized carbons (Fsp3) is 0.182. The summed E-state index contributed by atoms with van der Waals surface area (Å²) in [5.41, 5.74) is 0.995. The van der Waals surface area contributed by atoms with Crippen molar-refractivity contribution in [2.75, 3.05) is 0 Å². The summed E-state index contributed by atoms with van der Waals surface area (Å²) < 4.78 is 1.43. The molecule has 0 saturated carbocycles. The van der Waals surface area contributed by atoms with E-state index in [4.69, 9.17) is 0 Å². The van der Waals surface area contributed by atoms with Crippen molar-refractivity contribution in [3.63, 3.8) is 0 Å². The third-order valence-electron chi connectivity index (χ3n) is 6.97. The number of allylic oxidation sites excluding steroid dienone is 4. The van der Waals surface area contributed by atoms with Gasteiger partial charge in [-0.05, 0) is 48.3 Å². The molecule has 3 aromatic rings. The number of carboxylic acid groups (broad SMARTS) is 2. The molecule has 1 unspecified atom stereocenters. The van der Waals surface area contributed by atoms with E-state index in [1.165, 1.54) is 22.9 Å². The van der Waals surface area contributed by atoms with Crippen molar-refractivity contribution in [2.24, 2.45) is 5.92 Å². The number of aliphatic carboxylic acids is 2. The van der Waals surface area contributed by atoms with Gasteiger partial charge in [0.15, 0.2) is 11.7 Å². The van der Waals surface area contributed by atoms with Crippen molar-refractivity contribution in [1.29, 1.82) is 0 Å². The number of nitrogens with one attached hydrogen (secondary N) is 2. The topological polar surface area (TPSA) is 155 Å². The van der Waals surface area contributed by atoms with Gasteiger partial charge in [-0.25, -0.2) is 4.79 Å². The molecule has 2 atom stereocenters. The van der Waals surface area contributed by atoms with E-state index in [-0.39, 0.29) is 30.5 Å². The maximum absolute atomic E-state index is 13.6. The Morgan fingerprint density at radius 2 is 1.47 bits per heavy atom. The van der Waals surface area contributed by atoms with Crippen LogP contribution in [0.5, 0.6) is 0 Å². The lowest BCUT2D eigenvalue weighted by atomic mass is 9.94. The number of pyridine rings is 1. The highest BCUT2D eigenvalue weighted by Crippen LogP contribution is 2.25. The van der Waals surface area contributed by atoms with Crippen LogP contribution in [0.1, 0.15) is 46.8 Å². The quantitative estimate of drug-likeness (QED) is 0.223. The van der Waals surface area contributed by atoms with Crippen molar-refractivity contribution in [3.05, 3.63) is 142 Å². The molecule has 10 heteroatoms. The van der Waals surface area contributed by atoms with Crippen molar-refractivity contribution in [1.82, 2.24) is 15.2 Å². The Kier molecular flexibility index (Phi) is 10.2. The molecule has 2 heterocycles. The van der Waals surface area contributed by atoms with Crippen molar-refractivity contribution >= 4 is 23.6 Å². The first-order chi connectivity index (χ1) is 20.8. The lowest BCUT2D eigenvalue weighted by Crippen LogP contribution is -2.43. The van der Waals surface area contributed by atoms with E-state index in [9.17, 15) is 34.2 Å². The third-order valence-corrected chi connectivity index (χ3v) is 6.97. The molecule has 1 amide bonds. The molecular formula is C33H31N3O7. The average molecular weight is 582 g/mol. The molecule has 0 spiro atoms. The lowest BCUT2D eigenvalue weighted by Gasteiger charge is -2.22. The fourth-order valence-corrected chi connectivity index (χ4v) is 4.88. The molecule has 1 aromatic heterocycles. The summed E-state index contributed by atoms with van der Waals surface area (Å²) in [5.74, 6) is -5.60. The Hall–Kier alpha value is -5.51. The molecular weight excluding hydrogens is 550 g/mol. The second-order valence-corrected chi connectivity index (χ2v) is 9.86. The first-order valence-corrected chi connectivity index (χ1v) is 13.7. The molecule has 0 radical (unpaired) electrons. The molecule has 0 fully saturated rings. The zero-order chi connectivity index (χ0) is 30.8. The Bertz CT molecular complexity index is 1590. The number of amides is 1. The molecule has 0 saturated heterocycles. The van der Waals surface area contributed by atoms with E-state index in [2.05, 4.69) is 10.6 Å². The van der Waals surface area contributed by atoms with Crippen molar-refractivity contribution in [2.45, 2.75) is 31.3 Å². The number of rotatable bonds is 13. The monoisotopic (exact) mass is 581 g/mol. The van der Waals surface area contributed by atoms with Crippen LogP contribution in [0, 0.1) is 5.92 Å². The Morgan fingerprint density at radius 3 is 2.07 bits per heavy atom. The minimum atomic E-state index is -1.45. The van der Waals surface area contributed by atoms with Crippen LogP contribution in [0.2, 0.25) is 0 Å². The SMILES string of the molecule is O=C(N[C@@H](CCCC(=O)C(C(=O)O)C1=CC=CC=CN1)C(=O)O)c1cccn(C(c2ccccc2)c2ccccc2)c1=O. The number of carbonyl (C=O) groups excluding carboxylic acids is 2. The minimum Gasteiger partial charge on any atom is -0.480 e. The molecule has 1 aliphatic rings. The number of hydrogen-bond donors (Lipinski definition) is 4. The Balaban J connectivity index is 1.49. The van der Waals surface area contributed by atoms with Crippen molar-refractivity contribution in [3.8, 4) is 0 Å². The maximum Gasteiger partial charge on any atom is 0.326 e. The predicted molar refractivity (Wildman–Crippen MR) is 159 cm³/mol. The van der Waals surface area contributed by atoms with Gasteiger partial charge in [0.2, 0.25) is 0 Å². The van der Waals surface area contributed by atoms with Gasteiger partial charge in [-0.2, -0.15) is 0 Å². The van der Waals surface area contributed by atoms with Gasteiger partial charge in [-0.3, -0.25) is 19.2 Å². The van der Waals surface area contributed by atoms with Gasteiger partial charge in [0.05, 0.1) is 6.04 Å². The van der Waals surface area contributed by atoms with Gasteiger partial charge >= 0.3 is 11.9 Å². The number of hydrogen-bond acceptors (Lipinski definition) is 6. The van der Waals surface area contributed by atoms with E-state index in [1.54, 1.807) is 30.5 Å². The van der Waals surface area contributed by atoms with Gasteiger partial charge in [0, 0.05) is 24.5 Å². The van der Waals surface area contributed by atoms with Gasteiger partial charge in [0.1, 0.15) is 11.6 Å². The largest absolute Gasteiger partial charge is 0.480 e. The van der Waals surface area contributed by atoms with Crippen LogP contribution < -0.4 is 16.2 Å². The first kappa shape index (κ1) is 30.4. The number of benzene rings is 2. The molecule has 4 N–H and O–H groups in total. The van der Waals surface area contributed by atoms with Crippen molar-refractivity contribution < 1.29 is 29.4 Å². The lowest BCUT2D eigenvalue weighted by molar-refractivity contribution is -0.145. The first-order valence-electron chi connectivity index (χ1n) is 13.7. The van der Waals surface area contributed by atoms with E-state index in [0.29, 0.717) is 0 Å². The van der Waals surface area contributed by atoms with Gasteiger partial charge in [-0.15, -0.1) is 0 Å². The summed E-state index contributed by atoms with van der Waals surface area (Å²) in [6.07, 6.45) is 9.13. The molecule has 0 bridgehead atoms. The third kappa shape index (κ3) is 7.62. The van der Waals surface area contributed by atoms with Crippen LogP contribution in [0.25, 0.3) is 0 Å². The summed E-state index contributed by atoms with van der Waals surface area (Å²) in [6.45, 7) is 0. The van der Waals surface area contributed by atoms with Crippen LogP contribution in [-0.2, 0) is 14.4 Å². The number of ketones is 1. The Morgan fingerprint density at radius 1 is 0.814 bits per heavy atom. The van der Waals surface area contributed by atoms with E-state index in [1.807, 2.05) is 60.7 Å². The van der Waals surface area contributed by atoms with Gasteiger partial charge in [0.25, 0.3) is 11.5 Å². The average Bonchev–Trinajstić information content (AvgIpc) is 3.28.